The normalized spacial score (nSPS) is 11.4. The van der Waals surface area contributed by atoms with E-state index in [1.807, 2.05) is 12.1 Å². The van der Waals surface area contributed by atoms with Crippen molar-refractivity contribution in [3.63, 3.8) is 0 Å². The van der Waals surface area contributed by atoms with Crippen LogP contribution in [0.2, 0.25) is 0 Å². The summed E-state index contributed by atoms with van der Waals surface area (Å²) in [4.78, 5) is 0. The molecule has 0 aliphatic heterocycles. The molecule has 0 unspecified atom stereocenters. The largest absolute Gasteiger partial charge is 0.496 e. The molecule has 0 N–H and O–H groups in total. The van der Waals surface area contributed by atoms with Gasteiger partial charge in [0.15, 0.2) is 0 Å². The molecule has 1 nitrogen and oxygen atoms in total. The SMILES string of the molecule is COc1ccccc1CC(CBr)(CBr)c1cccc(Br)c1. The van der Waals surface area contributed by atoms with Crippen LogP contribution in [0.4, 0.5) is 0 Å². The number of methoxy groups -OCH3 is 1. The minimum absolute atomic E-state index is 0.0155. The summed E-state index contributed by atoms with van der Waals surface area (Å²) in [5, 5.41) is 1.75. The molecule has 0 spiro atoms. The first kappa shape index (κ1) is 17.0. The van der Waals surface area contributed by atoms with E-state index in [0.717, 1.165) is 27.3 Å². The molecular weight excluding hydrogens is 460 g/mol. The van der Waals surface area contributed by atoms with Crippen molar-refractivity contribution < 1.29 is 4.74 Å². The second kappa shape index (κ2) is 7.80. The van der Waals surface area contributed by atoms with E-state index in [-0.39, 0.29) is 5.41 Å². The summed E-state index contributed by atoms with van der Waals surface area (Å²) in [6, 6.07) is 16.7. The number of ether oxygens (including phenoxy) is 1. The lowest BCUT2D eigenvalue weighted by molar-refractivity contribution is 0.404. The van der Waals surface area contributed by atoms with Crippen molar-refractivity contribution in [3.8, 4) is 5.75 Å². The third-order valence-electron chi connectivity index (χ3n) is 3.67. The molecule has 0 fully saturated rings. The zero-order chi connectivity index (χ0) is 15.3. The van der Waals surface area contributed by atoms with Crippen LogP contribution in [-0.2, 0) is 11.8 Å². The molecule has 0 aliphatic rings. The van der Waals surface area contributed by atoms with Crippen LogP contribution in [0.1, 0.15) is 11.1 Å². The van der Waals surface area contributed by atoms with Gasteiger partial charge in [0.1, 0.15) is 5.75 Å². The van der Waals surface area contributed by atoms with Crippen LogP contribution >= 0.6 is 47.8 Å². The van der Waals surface area contributed by atoms with E-state index in [0.29, 0.717) is 0 Å². The van der Waals surface area contributed by atoms with Gasteiger partial charge >= 0.3 is 0 Å². The molecule has 0 radical (unpaired) electrons. The topological polar surface area (TPSA) is 9.23 Å². The highest BCUT2D eigenvalue weighted by Gasteiger charge is 2.31. The highest BCUT2D eigenvalue weighted by atomic mass is 79.9. The number of alkyl halides is 2. The third-order valence-corrected chi connectivity index (χ3v) is 6.31. The quantitative estimate of drug-likeness (QED) is 0.484. The number of hydrogen-bond donors (Lipinski definition) is 0. The van der Waals surface area contributed by atoms with Gasteiger partial charge in [0, 0.05) is 20.5 Å². The van der Waals surface area contributed by atoms with E-state index in [9.17, 15) is 0 Å². The molecule has 0 heterocycles. The average molecular weight is 477 g/mol. The van der Waals surface area contributed by atoms with E-state index in [4.69, 9.17) is 4.74 Å². The fourth-order valence-corrected chi connectivity index (χ4v) is 4.79. The maximum absolute atomic E-state index is 5.50. The molecule has 0 aromatic heterocycles. The predicted octanol–water partition coefficient (Wildman–Crippen LogP) is 5.73. The Morgan fingerprint density at radius 2 is 1.71 bits per heavy atom. The zero-order valence-corrected chi connectivity index (χ0v) is 16.5. The molecule has 0 bridgehead atoms. The lowest BCUT2D eigenvalue weighted by Gasteiger charge is -2.31. The first-order valence-electron chi connectivity index (χ1n) is 6.65. The third kappa shape index (κ3) is 3.91. The van der Waals surface area contributed by atoms with Crippen molar-refractivity contribution in [3.05, 3.63) is 64.1 Å². The fraction of sp³-hybridized carbons (Fsp3) is 0.294. The monoisotopic (exact) mass is 474 g/mol. The molecule has 112 valence electrons. The molecule has 0 saturated heterocycles. The molecule has 2 aromatic carbocycles. The second-order valence-corrected chi connectivity index (χ2v) is 7.08. The molecular formula is C17H17Br3O. The highest BCUT2D eigenvalue weighted by molar-refractivity contribution is 9.10. The zero-order valence-electron chi connectivity index (χ0n) is 11.8. The standard InChI is InChI=1S/C17H17Br3O/c1-21-16-8-3-2-5-13(16)10-17(11-18,12-19)14-6-4-7-15(20)9-14/h2-9H,10-12H2,1H3. The van der Waals surface area contributed by atoms with Gasteiger partial charge in [-0.3, -0.25) is 0 Å². The minimum Gasteiger partial charge on any atom is -0.496 e. The molecule has 0 saturated carbocycles. The Kier molecular flexibility index (Phi) is 6.33. The van der Waals surface area contributed by atoms with E-state index in [1.54, 1.807) is 7.11 Å². The molecule has 0 aliphatic carbocycles. The Hall–Kier alpha value is -0.320. The number of para-hydroxylation sites is 1. The van der Waals surface area contributed by atoms with E-state index < -0.39 is 0 Å². The Morgan fingerprint density at radius 1 is 1.00 bits per heavy atom. The Bertz CT molecular complexity index is 594. The van der Waals surface area contributed by atoms with Crippen LogP contribution in [-0.4, -0.2) is 17.8 Å². The smallest absolute Gasteiger partial charge is 0.122 e. The minimum atomic E-state index is -0.0155. The van der Waals surface area contributed by atoms with Crippen molar-refractivity contribution in [2.45, 2.75) is 11.8 Å². The van der Waals surface area contributed by atoms with E-state index in [2.05, 4.69) is 84.2 Å². The van der Waals surface area contributed by atoms with Crippen LogP contribution < -0.4 is 4.74 Å². The van der Waals surface area contributed by atoms with E-state index >= 15 is 0 Å². The maximum Gasteiger partial charge on any atom is 0.122 e. The summed E-state index contributed by atoms with van der Waals surface area (Å²) in [6.45, 7) is 0. The lowest BCUT2D eigenvalue weighted by atomic mass is 9.79. The van der Waals surface area contributed by atoms with Crippen LogP contribution in [0.25, 0.3) is 0 Å². The van der Waals surface area contributed by atoms with Gasteiger partial charge in [-0.1, -0.05) is 78.1 Å². The molecule has 2 aromatic rings. The first-order chi connectivity index (χ1) is 10.1. The van der Waals surface area contributed by atoms with Crippen LogP contribution in [0.15, 0.2) is 53.0 Å². The van der Waals surface area contributed by atoms with Gasteiger partial charge in [0.05, 0.1) is 7.11 Å². The first-order valence-corrected chi connectivity index (χ1v) is 9.68. The van der Waals surface area contributed by atoms with Gasteiger partial charge in [0.2, 0.25) is 0 Å². The van der Waals surface area contributed by atoms with E-state index in [1.165, 1.54) is 11.1 Å². The molecule has 0 amide bonds. The van der Waals surface area contributed by atoms with Crippen molar-refractivity contribution >= 4 is 47.8 Å². The van der Waals surface area contributed by atoms with Crippen LogP contribution in [0, 0.1) is 0 Å². The number of rotatable bonds is 6. The summed E-state index contributed by atoms with van der Waals surface area (Å²) in [7, 11) is 1.72. The Labute approximate surface area is 151 Å². The summed E-state index contributed by atoms with van der Waals surface area (Å²) >= 11 is 11.0. The summed E-state index contributed by atoms with van der Waals surface area (Å²) < 4.78 is 6.60. The molecule has 4 heteroatoms. The average Bonchev–Trinajstić information content (AvgIpc) is 2.53. The van der Waals surface area contributed by atoms with Gasteiger partial charge in [0.25, 0.3) is 0 Å². The number of hydrogen-bond acceptors (Lipinski definition) is 1. The molecule has 0 atom stereocenters. The van der Waals surface area contributed by atoms with Gasteiger partial charge in [-0.15, -0.1) is 0 Å². The molecule has 21 heavy (non-hydrogen) atoms. The predicted molar refractivity (Wildman–Crippen MR) is 100 cm³/mol. The van der Waals surface area contributed by atoms with Crippen molar-refractivity contribution in [2.24, 2.45) is 0 Å². The highest BCUT2D eigenvalue weighted by Crippen LogP contribution is 2.36. The van der Waals surface area contributed by atoms with Gasteiger partial charge < -0.3 is 4.74 Å². The van der Waals surface area contributed by atoms with Gasteiger partial charge in [-0.05, 0) is 35.7 Å². The maximum atomic E-state index is 5.50. The van der Waals surface area contributed by atoms with Crippen LogP contribution in [0.3, 0.4) is 0 Å². The number of halogens is 3. The number of benzene rings is 2. The fourth-order valence-electron chi connectivity index (χ4n) is 2.42. The Balaban J connectivity index is 2.43. The second-order valence-electron chi connectivity index (χ2n) is 5.05. The van der Waals surface area contributed by atoms with Crippen molar-refractivity contribution in [1.29, 1.82) is 0 Å². The molecule has 2 rings (SSSR count). The van der Waals surface area contributed by atoms with Crippen LogP contribution in [0.5, 0.6) is 5.75 Å². The van der Waals surface area contributed by atoms with Gasteiger partial charge in [-0.2, -0.15) is 0 Å². The lowest BCUT2D eigenvalue weighted by Crippen LogP contribution is -2.33. The summed E-state index contributed by atoms with van der Waals surface area (Å²) in [5.41, 5.74) is 2.51. The van der Waals surface area contributed by atoms with Crippen molar-refractivity contribution in [1.82, 2.24) is 0 Å². The van der Waals surface area contributed by atoms with Crippen molar-refractivity contribution in [2.75, 3.05) is 17.8 Å². The van der Waals surface area contributed by atoms with Gasteiger partial charge in [-0.25, -0.2) is 0 Å². The summed E-state index contributed by atoms with van der Waals surface area (Å²) in [5.74, 6) is 0.943. The summed E-state index contributed by atoms with van der Waals surface area (Å²) in [6.07, 6.45) is 0.907. The Morgan fingerprint density at radius 3 is 2.33 bits per heavy atom.